The smallest absolute Gasteiger partial charge is 0.119 e. The fourth-order valence-corrected chi connectivity index (χ4v) is 7.44. The van der Waals surface area contributed by atoms with Crippen molar-refractivity contribution in [3.05, 3.63) is 30.3 Å². The van der Waals surface area contributed by atoms with Gasteiger partial charge in [0.15, 0.2) is 0 Å². The fraction of sp³-hybridized carbons (Fsp3) is 0.908. The molecule has 0 radical (unpaired) electrons. The summed E-state index contributed by atoms with van der Waals surface area (Å²) in [4.78, 5) is 9.48. The fourth-order valence-electron chi connectivity index (χ4n) is 7.44. The largest absolute Gasteiger partial charge is 0.492 e. The SMILES string of the molecule is C1CCNCC1.CCC(N)CO.CCC(O)CN.CCCCCCCN.CCCCCCN.CCCCCN.CCCCN.CCCN(CCN)CCO.CN1CCN(CCCN)CC1.NCCN1CCCCC1.NCCOc1ccccc1. The van der Waals surface area contributed by atoms with Crippen molar-refractivity contribution in [2.75, 3.05) is 171 Å². The maximum Gasteiger partial charge on any atom is 0.119 e. The lowest BCUT2D eigenvalue weighted by atomic mass is 10.1. The van der Waals surface area contributed by atoms with E-state index in [1.807, 2.05) is 44.2 Å². The van der Waals surface area contributed by atoms with Crippen molar-refractivity contribution in [1.82, 2.24) is 24.9 Å². The Balaban J connectivity index is -0.000000157. The van der Waals surface area contributed by atoms with Gasteiger partial charge in [-0.05, 0) is 168 Å². The van der Waals surface area contributed by atoms with Crippen LogP contribution in [0, 0.1) is 0 Å². The van der Waals surface area contributed by atoms with Crippen LogP contribution in [0.3, 0.4) is 0 Å². The minimum atomic E-state index is -0.287. The van der Waals surface area contributed by atoms with Crippen molar-refractivity contribution < 1.29 is 20.1 Å². The molecule has 0 aromatic heterocycles. The molecule has 0 saturated carbocycles. The third-order valence-corrected chi connectivity index (χ3v) is 13.1. The molecule has 512 valence electrons. The predicted octanol–water partition coefficient (Wildman–Crippen LogP) is 6.20. The summed E-state index contributed by atoms with van der Waals surface area (Å²) in [7, 11) is 2.18. The number of hydrogen-bond donors (Lipinski definition) is 14. The van der Waals surface area contributed by atoms with E-state index in [9.17, 15) is 0 Å². The minimum Gasteiger partial charge on any atom is -0.492 e. The predicted molar refractivity (Wildman–Crippen MR) is 372 cm³/mol. The summed E-state index contributed by atoms with van der Waals surface area (Å²) in [6, 6.07) is 9.64. The highest BCUT2D eigenvalue weighted by Gasteiger charge is 2.12. The lowest BCUT2D eigenvalue weighted by molar-refractivity contribution is 0.153. The number of likely N-dealkylation sites (N-methyl/N-ethyl adjacent to an activating group) is 1. The van der Waals surface area contributed by atoms with E-state index in [0.717, 1.165) is 96.9 Å². The van der Waals surface area contributed by atoms with Gasteiger partial charge in [-0.1, -0.05) is 144 Å². The number of aliphatic hydroxyl groups excluding tert-OH is 3. The summed E-state index contributed by atoms with van der Waals surface area (Å²) in [5.74, 6) is 0.882. The van der Waals surface area contributed by atoms with Crippen LogP contribution in [0.5, 0.6) is 5.75 Å². The van der Waals surface area contributed by atoms with E-state index in [-0.39, 0.29) is 25.4 Å². The van der Waals surface area contributed by atoms with E-state index in [1.165, 1.54) is 187 Å². The quantitative estimate of drug-likeness (QED) is 0.0357. The monoisotopic (exact) mass is 1210 g/mol. The van der Waals surface area contributed by atoms with Crippen LogP contribution in [-0.2, 0) is 0 Å². The molecule has 3 fully saturated rings. The molecule has 3 heterocycles. The van der Waals surface area contributed by atoms with Gasteiger partial charge >= 0.3 is 0 Å². The standard InChI is InChI=1S/C8H19N3.C8H11NO.C7H18N2O.C7H16N2.C7H17N.C6H15N.C5H11N.C5H13N.2C4H11NO.C4H11N/c1-10-5-7-11(8-6-10)4-2-3-9;9-6-7-10-8-4-2-1-3-5-8;1-2-4-9(5-3-8)6-7-10;8-4-7-9-5-2-1-3-6-9;1-2-3-4-5-6-7-8;1-2-3-4-5-6-7;1-2-4-6-5-3-1;1-2-3-4-5-6;1-2-4(5)3-6;1-2-4(6)3-5;1-2-3-4-5/h2-9H2,1H3;1-5H,6-7,9H2;10H,2-8H2,1H3;1-8H2;2-8H2,1H3;2-7H2,1H3;6H,1-5H2;2-6H2,1H3;2*4,6H,2-3,5H2,1H3;2-5H2,1H3. The lowest BCUT2D eigenvalue weighted by Crippen LogP contribution is -2.44. The molecule has 24 N–H and O–H groups in total. The highest BCUT2D eigenvalue weighted by atomic mass is 16.5. The zero-order valence-electron chi connectivity index (χ0n) is 57.0. The second-order valence-corrected chi connectivity index (χ2v) is 21.4. The topological polar surface area (TPSA) is 355 Å². The number of rotatable bonds is 32. The summed E-state index contributed by atoms with van der Waals surface area (Å²) in [5, 5.41) is 28.6. The molecule has 2 unspecified atom stereocenters. The molecule has 0 amide bonds. The van der Waals surface area contributed by atoms with Gasteiger partial charge in [0.25, 0.3) is 0 Å². The molecule has 19 nitrogen and oxygen atoms in total. The summed E-state index contributed by atoms with van der Waals surface area (Å²) >= 11 is 0. The normalized spacial score (nSPS) is 14.4. The van der Waals surface area contributed by atoms with Crippen molar-refractivity contribution in [3.63, 3.8) is 0 Å². The van der Waals surface area contributed by atoms with Gasteiger partial charge in [-0.15, -0.1) is 0 Å². The Hall–Kier alpha value is -1.70. The van der Waals surface area contributed by atoms with Crippen LogP contribution in [0.25, 0.3) is 0 Å². The highest BCUT2D eigenvalue weighted by molar-refractivity contribution is 5.20. The number of nitrogens with one attached hydrogen (secondary N) is 1. The third kappa shape index (κ3) is 96.6. The van der Waals surface area contributed by atoms with Crippen LogP contribution in [0.15, 0.2) is 30.3 Å². The van der Waals surface area contributed by atoms with Crippen molar-refractivity contribution in [2.45, 2.75) is 215 Å². The highest BCUT2D eigenvalue weighted by Crippen LogP contribution is 2.08. The molecule has 84 heavy (non-hydrogen) atoms. The first-order valence-electron chi connectivity index (χ1n) is 34.0. The second-order valence-electron chi connectivity index (χ2n) is 21.4. The van der Waals surface area contributed by atoms with Crippen molar-refractivity contribution in [1.29, 1.82) is 0 Å². The first kappa shape index (κ1) is 95.9. The molecule has 2 atom stereocenters. The number of ether oxygens (including phenoxy) is 1. The number of piperazine rings is 1. The number of benzene rings is 1. The van der Waals surface area contributed by atoms with Crippen LogP contribution < -0.4 is 67.4 Å². The Morgan fingerprint density at radius 3 is 1.30 bits per heavy atom. The lowest BCUT2D eigenvalue weighted by Gasteiger charge is -2.32. The molecule has 0 aliphatic carbocycles. The van der Waals surface area contributed by atoms with Gasteiger partial charge in [0.05, 0.1) is 19.3 Å². The molecule has 0 bridgehead atoms. The van der Waals surface area contributed by atoms with E-state index < -0.39 is 0 Å². The number of piperidine rings is 2. The van der Waals surface area contributed by atoms with Crippen molar-refractivity contribution in [2.24, 2.45) is 57.3 Å². The Kier molecular flexibility index (Phi) is 106. The Morgan fingerprint density at radius 2 is 0.964 bits per heavy atom. The Labute approximate surface area is 521 Å². The van der Waals surface area contributed by atoms with E-state index in [2.05, 4.69) is 66.6 Å². The number of nitrogens with zero attached hydrogens (tertiary/aromatic N) is 4. The van der Waals surface area contributed by atoms with E-state index in [4.69, 9.17) is 77.4 Å². The van der Waals surface area contributed by atoms with Gasteiger partial charge in [-0.3, -0.25) is 4.90 Å². The van der Waals surface area contributed by atoms with Gasteiger partial charge in [0.2, 0.25) is 0 Å². The summed E-state index contributed by atoms with van der Waals surface area (Å²) in [6.45, 7) is 37.2. The van der Waals surface area contributed by atoms with E-state index >= 15 is 0 Å². The molecule has 19 heteroatoms. The van der Waals surface area contributed by atoms with E-state index in [1.54, 1.807) is 0 Å². The first-order chi connectivity index (χ1) is 40.8. The summed E-state index contributed by atoms with van der Waals surface area (Å²) in [5.41, 5.74) is 52.7. The summed E-state index contributed by atoms with van der Waals surface area (Å²) in [6.07, 6.45) is 29.9. The molecule has 3 aliphatic heterocycles. The van der Waals surface area contributed by atoms with Gasteiger partial charge in [-0.25, -0.2) is 0 Å². The van der Waals surface area contributed by atoms with Gasteiger partial charge in [0.1, 0.15) is 12.4 Å². The third-order valence-electron chi connectivity index (χ3n) is 13.1. The molecule has 4 rings (SSSR count). The average molecular weight is 1210 g/mol. The number of aliphatic hydroxyl groups is 3. The van der Waals surface area contributed by atoms with Crippen LogP contribution in [-0.4, -0.2) is 218 Å². The maximum atomic E-state index is 8.61. The van der Waals surface area contributed by atoms with Crippen molar-refractivity contribution >= 4 is 0 Å². The molecule has 3 saturated heterocycles. The molecule has 1 aromatic carbocycles. The van der Waals surface area contributed by atoms with Gasteiger partial charge in [-0.2, -0.15) is 0 Å². The number of para-hydroxylation sites is 1. The molecular weight excluding hydrogens is 1050 g/mol. The van der Waals surface area contributed by atoms with Gasteiger partial charge in [0, 0.05) is 78.0 Å². The second kappa shape index (κ2) is 92.5. The number of likely N-dealkylation sites (tertiary alicyclic amines) is 1. The average Bonchev–Trinajstić information content (AvgIpc) is 3.55. The van der Waals surface area contributed by atoms with Crippen molar-refractivity contribution in [3.8, 4) is 5.75 Å². The molecular formula is C65H153N15O4. The molecule has 0 spiro atoms. The zero-order valence-corrected chi connectivity index (χ0v) is 57.0. The maximum absolute atomic E-state index is 8.61. The minimum absolute atomic E-state index is 0.00926. The molecule has 1 aromatic rings. The Morgan fingerprint density at radius 1 is 0.488 bits per heavy atom. The Bertz CT molecular complexity index is 1100. The molecule has 3 aliphatic rings. The number of unbranched alkanes of at least 4 members (excludes halogenated alkanes) is 10. The van der Waals surface area contributed by atoms with E-state index in [0.29, 0.717) is 26.2 Å². The van der Waals surface area contributed by atoms with Gasteiger partial charge < -0.3 is 97.4 Å². The number of nitrogens with two attached hydrogens (primary N) is 10. The van der Waals surface area contributed by atoms with Crippen LogP contribution in [0.1, 0.15) is 203 Å². The van der Waals surface area contributed by atoms with Crippen LogP contribution in [0.4, 0.5) is 0 Å². The first-order valence-corrected chi connectivity index (χ1v) is 34.0. The zero-order chi connectivity index (χ0) is 64.6. The van der Waals surface area contributed by atoms with Crippen LogP contribution >= 0.6 is 0 Å². The number of hydrogen-bond acceptors (Lipinski definition) is 19. The van der Waals surface area contributed by atoms with Crippen LogP contribution in [0.2, 0.25) is 0 Å². The summed E-state index contributed by atoms with van der Waals surface area (Å²) < 4.78 is 5.23.